The molecule has 0 aliphatic carbocycles. The number of hydrazine groups is 1. The maximum Gasteiger partial charge on any atom is 0.323 e. The number of nitrogens with two attached hydrogens (primary N) is 1. The van der Waals surface area contributed by atoms with Crippen molar-refractivity contribution >= 4 is 11.9 Å². The molecule has 8 nitrogen and oxygen atoms in total. The lowest BCUT2D eigenvalue weighted by Gasteiger charge is -2.21. The SMILES string of the molecule is CC(C)Oc1nc(NN)nc(N2CCC(N(C)C)C2)n1. The molecule has 2 heterocycles. The lowest BCUT2D eigenvalue weighted by molar-refractivity contribution is 0.222. The molecule has 20 heavy (non-hydrogen) atoms. The molecule has 1 aromatic rings. The largest absolute Gasteiger partial charge is 0.461 e. The second-order valence-corrected chi connectivity index (χ2v) is 5.40. The number of ether oxygens (including phenoxy) is 1. The zero-order valence-corrected chi connectivity index (χ0v) is 12.5. The van der Waals surface area contributed by atoms with Gasteiger partial charge in [-0.05, 0) is 34.4 Å². The average molecular weight is 281 g/mol. The first-order valence-electron chi connectivity index (χ1n) is 6.80. The Hall–Kier alpha value is -1.67. The Kier molecular flexibility index (Phi) is 4.56. The van der Waals surface area contributed by atoms with Gasteiger partial charge in [0, 0.05) is 19.1 Å². The van der Waals surface area contributed by atoms with E-state index in [1.807, 2.05) is 13.8 Å². The average Bonchev–Trinajstić information content (AvgIpc) is 2.87. The molecule has 1 aromatic heterocycles. The van der Waals surface area contributed by atoms with Gasteiger partial charge in [0.05, 0.1) is 6.10 Å². The standard InChI is InChI=1S/C12H23N7O/c1-8(2)20-12-15-10(17-13)14-11(16-12)19-6-5-9(7-19)18(3)4/h8-9H,5-7,13H2,1-4H3,(H,14,15,16,17). The van der Waals surface area contributed by atoms with Gasteiger partial charge in [-0.15, -0.1) is 0 Å². The highest BCUT2D eigenvalue weighted by molar-refractivity contribution is 5.39. The van der Waals surface area contributed by atoms with Crippen LogP contribution in [-0.2, 0) is 0 Å². The van der Waals surface area contributed by atoms with Crippen molar-refractivity contribution in [3.63, 3.8) is 0 Å². The normalized spacial score (nSPS) is 18.9. The van der Waals surface area contributed by atoms with Crippen molar-refractivity contribution in [3.05, 3.63) is 0 Å². The third-order valence-electron chi connectivity index (χ3n) is 3.25. The highest BCUT2D eigenvalue weighted by Gasteiger charge is 2.26. The first kappa shape index (κ1) is 14.7. The number of nitrogen functional groups attached to an aromatic ring is 1. The molecule has 0 amide bonds. The predicted octanol–water partition coefficient (Wildman–Crippen LogP) is 0.0847. The molecule has 3 N–H and O–H groups in total. The van der Waals surface area contributed by atoms with Crippen LogP contribution >= 0.6 is 0 Å². The number of nitrogens with zero attached hydrogens (tertiary/aromatic N) is 5. The van der Waals surface area contributed by atoms with Gasteiger partial charge in [0.15, 0.2) is 0 Å². The summed E-state index contributed by atoms with van der Waals surface area (Å²) in [7, 11) is 4.17. The van der Waals surface area contributed by atoms with E-state index in [1.54, 1.807) is 0 Å². The van der Waals surface area contributed by atoms with Crippen LogP contribution in [0.3, 0.4) is 0 Å². The highest BCUT2D eigenvalue weighted by Crippen LogP contribution is 2.21. The first-order chi connectivity index (χ1) is 9.49. The van der Waals surface area contributed by atoms with Gasteiger partial charge in [-0.3, -0.25) is 5.43 Å². The third kappa shape index (κ3) is 3.45. The number of nitrogens with one attached hydrogen (secondary N) is 1. The number of likely N-dealkylation sites (N-methyl/N-ethyl adjacent to an activating group) is 1. The Bertz CT molecular complexity index is 451. The number of hydrogen-bond donors (Lipinski definition) is 2. The summed E-state index contributed by atoms with van der Waals surface area (Å²) >= 11 is 0. The zero-order valence-electron chi connectivity index (χ0n) is 12.5. The minimum absolute atomic E-state index is 0.00368. The van der Waals surface area contributed by atoms with Crippen LogP contribution in [0, 0.1) is 0 Å². The van der Waals surface area contributed by atoms with Gasteiger partial charge in [-0.2, -0.15) is 15.0 Å². The molecule has 0 saturated carbocycles. The number of hydrogen-bond acceptors (Lipinski definition) is 8. The van der Waals surface area contributed by atoms with Crippen LogP contribution in [0.2, 0.25) is 0 Å². The van der Waals surface area contributed by atoms with E-state index in [9.17, 15) is 0 Å². The predicted molar refractivity (Wildman–Crippen MR) is 77.7 cm³/mol. The van der Waals surface area contributed by atoms with Crippen LogP contribution in [0.15, 0.2) is 0 Å². The van der Waals surface area contributed by atoms with Crippen molar-refractivity contribution in [2.75, 3.05) is 37.5 Å². The molecule has 2 rings (SSSR count). The zero-order chi connectivity index (χ0) is 14.7. The van der Waals surface area contributed by atoms with E-state index in [2.05, 4.69) is 44.3 Å². The number of anilines is 2. The topological polar surface area (TPSA) is 92.4 Å². The molecule has 1 unspecified atom stereocenters. The first-order valence-corrected chi connectivity index (χ1v) is 6.80. The van der Waals surface area contributed by atoms with Gasteiger partial charge in [-0.25, -0.2) is 5.84 Å². The van der Waals surface area contributed by atoms with Crippen molar-refractivity contribution in [2.45, 2.75) is 32.4 Å². The van der Waals surface area contributed by atoms with Crippen LogP contribution in [-0.4, -0.2) is 59.2 Å². The van der Waals surface area contributed by atoms with Crippen molar-refractivity contribution < 1.29 is 4.74 Å². The Morgan fingerprint density at radius 2 is 2.10 bits per heavy atom. The molecule has 1 aliphatic heterocycles. The summed E-state index contributed by atoms with van der Waals surface area (Å²) in [6, 6.07) is 0.807. The molecule has 112 valence electrons. The van der Waals surface area contributed by atoms with E-state index >= 15 is 0 Å². The van der Waals surface area contributed by atoms with E-state index in [0.717, 1.165) is 19.5 Å². The monoisotopic (exact) mass is 281 g/mol. The summed E-state index contributed by atoms with van der Waals surface area (Å²) in [5.74, 6) is 6.33. The van der Waals surface area contributed by atoms with Crippen LogP contribution in [0.4, 0.5) is 11.9 Å². The Balaban J connectivity index is 2.18. The molecule has 1 atom stereocenters. The molecule has 0 aromatic carbocycles. The smallest absolute Gasteiger partial charge is 0.323 e. The second kappa shape index (κ2) is 6.19. The van der Waals surface area contributed by atoms with E-state index in [4.69, 9.17) is 10.6 Å². The second-order valence-electron chi connectivity index (χ2n) is 5.40. The summed E-state index contributed by atoms with van der Waals surface area (Å²) in [6.07, 6.45) is 1.09. The molecule has 0 spiro atoms. The van der Waals surface area contributed by atoms with Crippen LogP contribution in [0.5, 0.6) is 6.01 Å². The van der Waals surface area contributed by atoms with Crippen LogP contribution in [0.1, 0.15) is 20.3 Å². The maximum atomic E-state index is 5.54. The van der Waals surface area contributed by atoms with Gasteiger partial charge in [0.1, 0.15) is 0 Å². The Morgan fingerprint density at radius 1 is 1.35 bits per heavy atom. The summed E-state index contributed by atoms with van der Waals surface area (Å²) in [6.45, 7) is 5.66. The fourth-order valence-corrected chi connectivity index (χ4v) is 2.16. The molecule has 0 radical (unpaired) electrons. The lowest BCUT2D eigenvalue weighted by atomic mass is 10.2. The minimum Gasteiger partial charge on any atom is -0.461 e. The van der Waals surface area contributed by atoms with Crippen LogP contribution < -0.4 is 20.9 Å². The number of aromatic nitrogens is 3. The molecule has 1 aliphatic rings. The van der Waals surface area contributed by atoms with Gasteiger partial charge >= 0.3 is 6.01 Å². The lowest BCUT2D eigenvalue weighted by Crippen LogP contribution is -2.32. The van der Waals surface area contributed by atoms with Gasteiger partial charge in [-0.1, -0.05) is 0 Å². The van der Waals surface area contributed by atoms with Gasteiger partial charge in [0.2, 0.25) is 11.9 Å². The molecule has 8 heteroatoms. The molecular weight excluding hydrogens is 258 g/mol. The molecular formula is C12H23N7O. The summed E-state index contributed by atoms with van der Waals surface area (Å²) < 4.78 is 5.54. The Morgan fingerprint density at radius 3 is 2.65 bits per heavy atom. The highest BCUT2D eigenvalue weighted by atomic mass is 16.5. The Labute approximate surface area is 119 Å². The van der Waals surface area contributed by atoms with Gasteiger partial charge in [0.25, 0.3) is 0 Å². The minimum atomic E-state index is 0.00368. The van der Waals surface area contributed by atoms with Crippen molar-refractivity contribution in [1.29, 1.82) is 0 Å². The van der Waals surface area contributed by atoms with Crippen molar-refractivity contribution in [2.24, 2.45) is 5.84 Å². The van der Waals surface area contributed by atoms with Crippen molar-refractivity contribution in [3.8, 4) is 6.01 Å². The van der Waals surface area contributed by atoms with E-state index in [1.165, 1.54) is 0 Å². The van der Waals surface area contributed by atoms with E-state index in [-0.39, 0.29) is 6.10 Å². The number of rotatable bonds is 5. The van der Waals surface area contributed by atoms with E-state index < -0.39 is 0 Å². The summed E-state index contributed by atoms with van der Waals surface area (Å²) in [5.41, 5.74) is 2.46. The van der Waals surface area contributed by atoms with Crippen molar-refractivity contribution in [1.82, 2.24) is 19.9 Å². The van der Waals surface area contributed by atoms with Gasteiger partial charge < -0.3 is 14.5 Å². The third-order valence-corrected chi connectivity index (χ3v) is 3.25. The fraction of sp³-hybridized carbons (Fsp3) is 0.750. The van der Waals surface area contributed by atoms with E-state index in [0.29, 0.717) is 23.9 Å². The maximum absolute atomic E-state index is 5.54. The molecule has 1 fully saturated rings. The summed E-state index contributed by atoms with van der Waals surface area (Å²) in [5, 5.41) is 0. The fourth-order valence-electron chi connectivity index (χ4n) is 2.16. The summed E-state index contributed by atoms with van der Waals surface area (Å²) in [4.78, 5) is 17.1. The molecule has 0 bridgehead atoms. The van der Waals surface area contributed by atoms with Crippen LogP contribution in [0.25, 0.3) is 0 Å². The quantitative estimate of drug-likeness (QED) is 0.579. The molecule has 1 saturated heterocycles.